The van der Waals surface area contributed by atoms with Crippen molar-refractivity contribution < 1.29 is 4.48 Å². The number of nitriles is 4. The van der Waals surface area contributed by atoms with Gasteiger partial charge in [-0.3, -0.25) is 0 Å². The minimum atomic E-state index is -2.72. The van der Waals surface area contributed by atoms with E-state index in [2.05, 4.69) is 27.7 Å². The molecule has 0 rings (SSSR count). The second kappa shape index (κ2) is 16.5. The van der Waals surface area contributed by atoms with Crippen molar-refractivity contribution in [2.45, 2.75) is 79.1 Å². The van der Waals surface area contributed by atoms with Crippen LogP contribution in [0, 0.1) is 44.9 Å². The zero-order valence-corrected chi connectivity index (χ0v) is 17.3. The molecule has 0 bridgehead atoms. The van der Waals surface area contributed by atoms with Crippen molar-refractivity contribution >= 4 is 6.15 Å². The van der Waals surface area contributed by atoms with E-state index < -0.39 is 6.15 Å². The summed E-state index contributed by atoms with van der Waals surface area (Å²) in [4.78, 5) is 0. The second-order valence-electron chi connectivity index (χ2n) is 7.03. The molecule has 0 aromatic heterocycles. The lowest BCUT2D eigenvalue weighted by Crippen LogP contribution is -2.50. The highest BCUT2D eigenvalue weighted by molar-refractivity contribution is 7.05. The molecular weight excluding hydrogens is 321 g/mol. The summed E-state index contributed by atoms with van der Waals surface area (Å²) in [6, 6.07) is 0. The summed E-state index contributed by atoms with van der Waals surface area (Å²) in [5, 5.41) is 32.3. The minimum Gasteiger partial charge on any atom is -0.324 e. The Bertz CT molecular complexity index is 419. The quantitative estimate of drug-likeness (QED) is 0.374. The van der Waals surface area contributed by atoms with E-state index in [9.17, 15) is 0 Å². The van der Waals surface area contributed by atoms with Gasteiger partial charge in [-0.15, -0.1) is 23.9 Å². The molecule has 0 fully saturated rings. The van der Waals surface area contributed by atoms with E-state index in [0.717, 1.165) is 0 Å². The zero-order valence-electron chi connectivity index (χ0n) is 17.3. The second-order valence-corrected chi connectivity index (χ2v) is 7.03. The van der Waals surface area contributed by atoms with Crippen LogP contribution in [0.15, 0.2) is 0 Å². The summed E-state index contributed by atoms with van der Waals surface area (Å²) in [5.74, 6) is 5.38. The van der Waals surface area contributed by atoms with Gasteiger partial charge in [-0.25, -0.2) is 21.0 Å². The van der Waals surface area contributed by atoms with Gasteiger partial charge in [0, 0.05) is 0 Å². The highest BCUT2D eigenvalue weighted by Gasteiger charge is 2.24. The summed E-state index contributed by atoms with van der Waals surface area (Å²) in [5.41, 5.74) is 0. The largest absolute Gasteiger partial charge is 0.383 e. The number of nitrogens with zero attached hydrogens (tertiary/aromatic N) is 5. The van der Waals surface area contributed by atoms with E-state index in [1.807, 2.05) is 0 Å². The first-order chi connectivity index (χ1) is 12.5. The molecule has 26 heavy (non-hydrogen) atoms. The minimum absolute atomic E-state index is 1.34. The Balaban J connectivity index is 0. The molecule has 0 aromatic rings. The van der Waals surface area contributed by atoms with Crippen molar-refractivity contribution in [2.24, 2.45) is 0 Å². The van der Waals surface area contributed by atoms with Crippen LogP contribution in [0.2, 0.25) is 0 Å². The topological polar surface area (TPSA) is 95.2 Å². The molecule has 0 aliphatic heterocycles. The van der Waals surface area contributed by atoms with Crippen molar-refractivity contribution in [1.82, 2.24) is 0 Å². The highest BCUT2D eigenvalue weighted by atomic mass is 15.3. The third kappa shape index (κ3) is 10.8. The van der Waals surface area contributed by atoms with Gasteiger partial charge in [0.1, 0.15) is 0 Å². The fourth-order valence-electron chi connectivity index (χ4n) is 2.82. The third-order valence-electron chi connectivity index (χ3n) is 4.72. The third-order valence-corrected chi connectivity index (χ3v) is 4.72. The Morgan fingerprint density at radius 2 is 0.769 bits per heavy atom. The lowest BCUT2D eigenvalue weighted by molar-refractivity contribution is -0.929. The van der Waals surface area contributed by atoms with Gasteiger partial charge < -0.3 is 4.48 Å². The van der Waals surface area contributed by atoms with Crippen LogP contribution in [0.4, 0.5) is 0 Å². The van der Waals surface area contributed by atoms with Crippen molar-refractivity contribution in [2.75, 3.05) is 26.2 Å². The smallest absolute Gasteiger partial charge is 0.324 e. The van der Waals surface area contributed by atoms with Crippen LogP contribution in [-0.2, 0) is 0 Å². The summed E-state index contributed by atoms with van der Waals surface area (Å²) in [7, 11) is 0. The summed E-state index contributed by atoms with van der Waals surface area (Å²) in [6.07, 6.45) is 8.34. The van der Waals surface area contributed by atoms with Gasteiger partial charge in [-0.1, -0.05) is 53.4 Å². The molecule has 0 aliphatic rings. The molecule has 0 atom stereocenters. The Morgan fingerprint density at radius 1 is 0.538 bits per heavy atom. The van der Waals surface area contributed by atoms with E-state index in [1.165, 1.54) is 106 Å². The molecule has 0 unspecified atom stereocenters. The van der Waals surface area contributed by atoms with Crippen molar-refractivity contribution in [1.29, 1.82) is 21.0 Å². The van der Waals surface area contributed by atoms with E-state index in [0.29, 0.717) is 0 Å². The number of hydrogen-bond acceptors (Lipinski definition) is 4. The van der Waals surface area contributed by atoms with Gasteiger partial charge in [0.15, 0.2) is 0 Å². The average molecular weight is 357 g/mol. The van der Waals surface area contributed by atoms with Gasteiger partial charge in [0.25, 0.3) is 0 Å². The predicted octanol–water partition coefficient (Wildman–Crippen LogP) is 4.69. The summed E-state index contributed by atoms with van der Waals surface area (Å²) >= 11 is 0. The highest BCUT2D eigenvalue weighted by Crippen LogP contribution is 2.16. The molecule has 6 heteroatoms. The Labute approximate surface area is 161 Å². The molecule has 0 amide bonds. The molecule has 0 heterocycles. The normalized spacial score (nSPS) is 10.5. The lowest BCUT2D eigenvalue weighted by Gasteiger charge is -2.39. The van der Waals surface area contributed by atoms with E-state index in [4.69, 9.17) is 21.0 Å². The Morgan fingerprint density at radius 3 is 0.885 bits per heavy atom. The molecule has 5 nitrogen and oxygen atoms in total. The summed E-state index contributed by atoms with van der Waals surface area (Å²) < 4.78 is 1.42. The van der Waals surface area contributed by atoms with Gasteiger partial charge in [0.05, 0.1) is 26.2 Å². The molecule has 144 valence electrons. The van der Waals surface area contributed by atoms with E-state index >= 15 is 0 Å². The first kappa shape index (κ1) is 26.2. The molecule has 0 aliphatic carbocycles. The number of rotatable bonds is 12. The van der Waals surface area contributed by atoms with Gasteiger partial charge in [-0.2, -0.15) is 0 Å². The van der Waals surface area contributed by atoms with Gasteiger partial charge >= 0.3 is 6.15 Å². The lowest BCUT2D eigenvalue weighted by atomic mass is 9.30. The van der Waals surface area contributed by atoms with Gasteiger partial charge in [-0.05, 0) is 25.7 Å². The molecule has 0 aromatic carbocycles. The van der Waals surface area contributed by atoms with E-state index in [-0.39, 0.29) is 0 Å². The summed E-state index contributed by atoms with van der Waals surface area (Å²) in [6.45, 7) is 15.0. The van der Waals surface area contributed by atoms with Crippen molar-refractivity contribution in [3.8, 4) is 23.9 Å². The SMILES string of the molecule is CCCC[N+](CCCC)(CCCC)CCCC.N#C[B-](C#N)(C#N)C#N. The molecule has 0 saturated carbocycles. The Kier molecular flexibility index (Phi) is 16.6. The van der Waals surface area contributed by atoms with Crippen LogP contribution in [0.25, 0.3) is 0 Å². The van der Waals surface area contributed by atoms with Crippen LogP contribution in [-0.4, -0.2) is 36.8 Å². The number of quaternary nitrogens is 1. The number of unbranched alkanes of at least 4 members (excludes halogenated alkanes) is 4. The van der Waals surface area contributed by atoms with Gasteiger partial charge in [0.2, 0.25) is 0 Å². The van der Waals surface area contributed by atoms with E-state index in [1.54, 1.807) is 0 Å². The number of hydrogen-bond donors (Lipinski definition) is 0. The van der Waals surface area contributed by atoms with Crippen molar-refractivity contribution in [3.63, 3.8) is 0 Å². The first-order valence-electron chi connectivity index (χ1n) is 10.1. The monoisotopic (exact) mass is 357 g/mol. The Hall–Kier alpha value is -2.02. The fraction of sp³-hybridized carbons (Fsp3) is 0.800. The van der Waals surface area contributed by atoms with Crippen LogP contribution in [0.1, 0.15) is 79.1 Å². The fourth-order valence-corrected chi connectivity index (χ4v) is 2.82. The molecule has 0 N–H and O–H groups in total. The molecular formula is C20H36BN5. The van der Waals surface area contributed by atoms with Crippen LogP contribution < -0.4 is 0 Å². The first-order valence-corrected chi connectivity index (χ1v) is 10.1. The molecule has 0 saturated heterocycles. The average Bonchev–Trinajstić information content (AvgIpc) is 2.69. The maximum atomic E-state index is 8.09. The van der Waals surface area contributed by atoms with Crippen LogP contribution in [0.3, 0.4) is 0 Å². The molecule has 0 radical (unpaired) electrons. The van der Waals surface area contributed by atoms with Crippen molar-refractivity contribution in [3.05, 3.63) is 0 Å². The predicted molar refractivity (Wildman–Crippen MR) is 108 cm³/mol. The van der Waals surface area contributed by atoms with Crippen LogP contribution in [0.5, 0.6) is 0 Å². The standard InChI is InChI=1S/C16H36N.C4BN4/c1-5-9-13-17(14-10-6-2,15-11-7-3)16-12-8-4;6-1-5(2-7,3-8)4-9/h5-16H2,1-4H3;/q+1;-1. The van der Waals surface area contributed by atoms with Crippen LogP contribution >= 0.6 is 0 Å². The zero-order chi connectivity index (χ0) is 20.3. The maximum absolute atomic E-state index is 8.09. The maximum Gasteiger partial charge on any atom is 0.383 e. The molecule has 0 spiro atoms.